The van der Waals surface area contributed by atoms with Crippen LogP contribution in [0.25, 0.3) is 0 Å². The third kappa shape index (κ3) is 2.08. The van der Waals surface area contributed by atoms with E-state index in [4.69, 9.17) is 11.6 Å². The van der Waals surface area contributed by atoms with Crippen molar-refractivity contribution in [1.82, 2.24) is 9.78 Å². The van der Waals surface area contributed by atoms with E-state index in [1.54, 1.807) is 6.20 Å². The van der Waals surface area contributed by atoms with Crippen LogP contribution in [-0.4, -0.2) is 14.9 Å². The second kappa shape index (κ2) is 4.24. The molecule has 3 nitrogen and oxygen atoms in total. The lowest BCUT2D eigenvalue weighted by atomic mass is 9.86. The van der Waals surface area contributed by atoms with E-state index < -0.39 is 5.60 Å². The smallest absolute Gasteiger partial charge is 0.111 e. The Hall–Kier alpha value is -0.540. The Labute approximate surface area is 114 Å². The van der Waals surface area contributed by atoms with E-state index in [0.717, 1.165) is 18.5 Å². The van der Waals surface area contributed by atoms with Gasteiger partial charge in [-0.25, -0.2) is 0 Å². The molecule has 1 N–H and O–H groups in total. The van der Waals surface area contributed by atoms with Crippen molar-refractivity contribution in [3.63, 3.8) is 0 Å². The van der Waals surface area contributed by atoms with Crippen LogP contribution >= 0.6 is 11.6 Å². The molecule has 1 saturated carbocycles. The first kappa shape index (κ1) is 13.9. The van der Waals surface area contributed by atoms with Crippen LogP contribution in [0.5, 0.6) is 0 Å². The summed E-state index contributed by atoms with van der Waals surface area (Å²) in [6.45, 7) is 10.6. The summed E-state index contributed by atoms with van der Waals surface area (Å²) in [5, 5.41) is 16.0. The minimum absolute atomic E-state index is 0.142. The van der Waals surface area contributed by atoms with Gasteiger partial charge in [0.2, 0.25) is 0 Å². The Kier molecular flexibility index (Phi) is 3.27. The third-order valence-electron chi connectivity index (χ3n) is 4.07. The quantitative estimate of drug-likeness (QED) is 0.889. The summed E-state index contributed by atoms with van der Waals surface area (Å²) in [5.41, 5.74) is 0.0718. The average molecular weight is 271 g/mol. The first-order valence-corrected chi connectivity index (χ1v) is 7.01. The highest BCUT2D eigenvalue weighted by Gasteiger charge is 2.51. The Morgan fingerprint density at radius 2 is 2.11 bits per heavy atom. The van der Waals surface area contributed by atoms with E-state index in [1.807, 2.05) is 4.68 Å². The summed E-state index contributed by atoms with van der Waals surface area (Å²) in [6, 6.07) is 0.201. The number of aromatic nitrogens is 2. The van der Waals surface area contributed by atoms with Crippen LogP contribution in [0, 0.1) is 11.3 Å². The average Bonchev–Trinajstić information content (AvgIpc) is 2.66. The molecule has 1 fully saturated rings. The highest BCUT2D eigenvalue weighted by atomic mass is 35.5. The van der Waals surface area contributed by atoms with Crippen molar-refractivity contribution in [2.24, 2.45) is 11.3 Å². The lowest BCUT2D eigenvalue weighted by molar-refractivity contribution is -0.0101. The lowest BCUT2D eigenvalue weighted by Crippen LogP contribution is -2.33. The molecule has 1 aliphatic rings. The third-order valence-corrected chi connectivity index (χ3v) is 4.35. The van der Waals surface area contributed by atoms with Gasteiger partial charge in [-0.1, -0.05) is 32.4 Å². The number of halogens is 1. The van der Waals surface area contributed by atoms with Crippen molar-refractivity contribution in [3.8, 4) is 0 Å². The van der Waals surface area contributed by atoms with Gasteiger partial charge in [0.05, 0.1) is 16.9 Å². The van der Waals surface area contributed by atoms with Gasteiger partial charge in [-0.15, -0.1) is 0 Å². The summed E-state index contributed by atoms with van der Waals surface area (Å²) >= 11 is 6.27. The zero-order valence-electron chi connectivity index (χ0n) is 11.9. The minimum atomic E-state index is -0.860. The Morgan fingerprint density at radius 1 is 1.50 bits per heavy atom. The second-order valence-electron chi connectivity index (χ2n) is 6.75. The van der Waals surface area contributed by atoms with E-state index in [9.17, 15) is 5.11 Å². The Balaban J connectivity index is 2.51. The molecule has 1 aromatic heterocycles. The molecule has 0 aliphatic heterocycles. The molecule has 1 aliphatic carbocycles. The molecule has 0 aromatic carbocycles. The van der Waals surface area contributed by atoms with Gasteiger partial charge in [0.25, 0.3) is 0 Å². The molecule has 18 heavy (non-hydrogen) atoms. The number of aliphatic hydroxyl groups is 1. The molecule has 1 heterocycles. The number of rotatable bonds is 2. The van der Waals surface area contributed by atoms with Crippen LogP contribution in [0.1, 0.15) is 59.2 Å². The number of hydrogen-bond acceptors (Lipinski definition) is 2. The summed E-state index contributed by atoms with van der Waals surface area (Å²) < 4.78 is 1.86. The highest BCUT2D eigenvalue weighted by molar-refractivity contribution is 6.31. The molecule has 0 bridgehead atoms. The molecule has 2 rings (SSSR count). The SMILES string of the molecule is CC(C)n1ncc(Cl)c1C1(O)CC(C)(C)CC1C. The van der Waals surface area contributed by atoms with Gasteiger partial charge >= 0.3 is 0 Å². The van der Waals surface area contributed by atoms with E-state index in [-0.39, 0.29) is 17.4 Å². The van der Waals surface area contributed by atoms with Crippen molar-refractivity contribution in [3.05, 3.63) is 16.9 Å². The Morgan fingerprint density at radius 3 is 2.56 bits per heavy atom. The van der Waals surface area contributed by atoms with Gasteiger partial charge in [0, 0.05) is 6.04 Å². The topological polar surface area (TPSA) is 38.0 Å². The fourth-order valence-electron chi connectivity index (χ4n) is 3.43. The summed E-state index contributed by atoms with van der Waals surface area (Å²) in [6.07, 6.45) is 3.38. The standard InChI is InChI=1S/C14H23ClN2O/c1-9(2)17-12(11(15)7-16-17)14(18)8-13(4,5)6-10(14)3/h7,9-10,18H,6,8H2,1-5H3. The predicted molar refractivity (Wildman–Crippen MR) is 73.7 cm³/mol. The van der Waals surface area contributed by atoms with Gasteiger partial charge in [-0.05, 0) is 38.0 Å². The maximum Gasteiger partial charge on any atom is 0.111 e. The van der Waals surface area contributed by atoms with Gasteiger partial charge in [0.1, 0.15) is 5.60 Å². The monoisotopic (exact) mass is 270 g/mol. The van der Waals surface area contributed by atoms with Crippen LogP contribution in [0.4, 0.5) is 0 Å². The maximum absolute atomic E-state index is 11.1. The van der Waals surface area contributed by atoms with Gasteiger partial charge < -0.3 is 5.11 Å². The maximum atomic E-state index is 11.1. The zero-order valence-corrected chi connectivity index (χ0v) is 12.6. The lowest BCUT2D eigenvalue weighted by Gasteiger charge is -2.30. The minimum Gasteiger partial charge on any atom is -0.383 e. The summed E-state index contributed by atoms with van der Waals surface area (Å²) in [4.78, 5) is 0. The summed E-state index contributed by atoms with van der Waals surface area (Å²) in [7, 11) is 0. The molecule has 0 spiro atoms. The van der Waals surface area contributed by atoms with Gasteiger partial charge in [0.15, 0.2) is 0 Å². The van der Waals surface area contributed by atoms with Crippen molar-refractivity contribution in [2.75, 3.05) is 0 Å². The molecule has 1 aromatic rings. The molecule has 2 unspecified atom stereocenters. The van der Waals surface area contributed by atoms with Crippen LogP contribution in [0.2, 0.25) is 5.02 Å². The number of hydrogen-bond donors (Lipinski definition) is 1. The highest BCUT2D eigenvalue weighted by Crippen LogP contribution is 2.54. The largest absolute Gasteiger partial charge is 0.383 e. The molecular weight excluding hydrogens is 248 g/mol. The number of nitrogens with zero attached hydrogens (tertiary/aromatic N) is 2. The van der Waals surface area contributed by atoms with Crippen molar-refractivity contribution >= 4 is 11.6 Å². The second-order valence-corrected chi connectivity index (χ2v) is 7.16. The van der Waals surface area contributed by atoms with E-state index >= 15 is 0 Å². The van der Waals surface area contributed by atoms with Gasteiger partial charge in [-0.3, -0.25) is 4.68 Å². The molecular formula is C14H23ClN2O. The normalized spacial score (nSPS) is 31.2. The Bertz CT molecular complexity index is 453. The first-order valence-electron chi connectivity index (χ1n) is 6.63. The van der Waals surface area contributed by atoms with E-state index in [1.165, 1.54) is 0 Å². The van der Waals surface area contributed by atoms with Crippen molar-refractivity contribution < 1.29 is 5.11 Å². The summed E-state index contributed by atoms with van der Waals surface area (Å²) in [5.74, 6) is 0.194. The first-order chi connectivity index (χ1) is 8.17. The zero-order chi connectivity index (χ0) is 13.7. The fraction of sp³-hybridized carbons (Fsp3) is 0.786. The predicted octanol–water partition coefficient (Wildman–Crippen LogP) is 3.76. The van der Waals surface area contributed by atoms with Crippen LogP contribution < -0.4 is 0 Å². The molecule has 0 saturated heterocycles. The van der Waals surface area contributed by atoms with Crippen LogP contribution in [0.3, 0.4) is 0 Å². The van der Waals surface area contributed by atoms with Gasteiger partial charge in [-0.2, -0.15) is 5.10 Å². The van der Waals surface area contributed by atoms with Crippen molar-refractivity contribution in [2.45, 2.75) is 59.1 Å². The fourth-order valence-corrected chi connectivity index (χ4v) is 3.72. The molecule has 0 amide bonds. The van der Waals surface area contributed by atoms with Crippen LogP contribution in [0.15, 0.2) is 6.20 Å². The molecule has 0 radical (unpaired) electrons. The molecule has 102 valence electrons. The molecule has 2 atom stereocenters. The van der Waals surface area contributed by atoms with E-state index in [2.05, 4.69) is 39.7 Å². The molecule has 4 heteroatoms. The van der Waals surface area contributed by atoms with Crippen molar-refractivity contribution in [1.29, 1.82) is 0 Å². The van der Waals surface area contributed by atoms with E-state index in [0.29, 0.717) is 5.02 Å². The van der Waals surface area contributed by atoms with Crippen LogP contribution in [-0.2, 0) is 5.60 Å².